The first-order chi connectivity index (χ1) is 7.20. The summed E-state index contributed by atoms with van der Waals surface area (Å²) >= 11 is 0. The van der Waals surface area contributed by atoms with Crippen molar-refractivity contribution in [1.29, 1.82) is 0 Å². The molecule has 2 N–H and O–H groups in total. The summed E-state index contributed by atoms with van der Waals surface area (Å²) in [5.74, 6) is 1.85. The van der Waals surface area contributed by atoms with Crippen LogP contribution in [0.15, 0.2) is 0 Å². The molecule has 0 amide bonds. The summed E-state index contributed by atoms with van der Waals surface area (Å²) in [6.45, 7) is 8.14. The summed E-state index contributed by atoms with van der Waals surface area (Å²) in [5, 5.41) is 0. The average Bonchev–Trinajstić information content (AvgIpc) is 2.62. The van der Waals surface area contributed by atoms with Gasteiger partial charge in [-0.2, -0.15) is 0 Å². The first-order valence-corrected chi connectivity index (χ1v) is 6.65. The summed E-state index contributed by atoms with van der Waals surface area (Å²) in [7, 11) is 0. The SMILES string of the molecule is CCCC1CCN(C2(CN)CC(C)C2)C1. The van der Waals surface area contributed by atoms with E-state index in [4.69, 9.17) is 5.73 Å². The molecule has 2 nitrogen and oxygen atoms in total. The van der Waals surface area contributed by atoms with Crippen molar-refractivity contribution < 1.29 is 0 Å². The fraction of sp³-hybridized carbons (Fsp3) is 1.00. The second kappa shape index (κ2) is 4.42. The summed E-state index contributed by atoms with van der Waals surface area (Å²) in [6.07, 6.45) is 6.83. The fourth-order valence-corrected chi connectivity index (χ4v) is 3.70. The fourth-order valence-electron chi connectivity index (χ4n) is 3.70. The van der Waals surface area contributed by atoms with E-state index < -0.39 is 0 Å². The first kappa shape index (κ1) is 11.4. The van der Waals surface area contributed by atoms with Gasteiger partial charge < -0.3 is 5.73 Å². The molecule has 0 spiro atoms. The molecule has 0 bridgehead atoms. The summed E-state index contributed by atoms with van der Waals surface area (Å²) in [4.78, 5) is 2.70. The van der Waals surface area contributed by atoms with Gasteiger partial charge in [0.2, 0.25) is 0 Å². The first-order valence-electron chi connectivity index (χ1n) is 6.65. The molecular weight excluding hydrogens is 184 g/mol. The topological polar surface area (TPSA) is 29.3 Å². The third-order valence-electron chi connectivity index (χ3n) is 4.49. The van der Waals surface area contributed by atoms with Crippen LogP contribution in [0.3, 0.4) is 0 Å². The van der Waals surface area contributed by atoms with E-state index in [1.54, 1.807) is 0 Å². The van der Waals surface area contributed by atoms with Crippen LogP contribution in [-0.4, -0.2) is 30.1 Å². The maximum atomic E-state index is 5.99. The van der Waals surface area contributed by atoms with Gasteiger partial charge in [-0.25, -0.2) is 0 Å². The molecule has 2 aliphatic rings. The van der Waals surface area contributed by atoms with Crippen molar-refractivity contribution in [3.63, 3.8) is 0 Å². The minimum Gasteiger partial charge on any atom is -0.329 e. The molecule has 1 aliphatic carbocycles. The lowest BCUT2D eigenvalue weighted by Gasteiger charge is -2.52. The maximum absolute atomic E-state index is 5.99. The Morgan fingerprint density at radius 1 is 1.40 bits per heavy atom. The minimum atomic E-state index is 0.405. The van der Waals surface area contributed by atoms with Crippen molar-refractivity contribution in [2.45, 2.75) is 51.5 Å². The van der Waals surface area contributed by atoms with Crippen LogP contribution in [0.4, 0.5) is 0 Å². The van der Waals surface area contributed by atoms with E-state index in [1.165, 1.54) is 45.2 Å². The minimum absolute atomic E-state index is 0.405. The van der Waals surface area contributed by atoms with E-state index in [0.717, 1.165) is 18.4 Å². The standard InChI is InChI=1S/C13H26N2/c1-3-4-12-5-6-15(9-12)13(10-14)7-11(2)8-13/h11-12H,3-10,14H2,1-2H3. The third kappa shape index (κ3) is 2.07. The van der Waals surface area contributed by atoms with E-state index in [1.807, 2.05) is 0 Å². The largest absolute Gasteiger partial charge is 0.329 e. The van der Waals surface area contributed by atoms with Crippen molar-refractivity contribution in [3.8, 4) is 0 Å². The lowest BCUT2D eigenvalue weighted by molar-refractivity contribution is 0.00120. The third-order valence-corrected chi connectivity index (χ3v) is 4.49. The van der Waals surface area contributed by atoms with Crippen LogP contribution < -0.4 is 5.73 Å². The van der Waals surface area contributed by atoms with Crippen molar-refractivity contribution in [1.82, 2.24) is 4.90 Å². The van der Waals surface area contributed by atoms with Crippen molar-refractivity contribution in [3.05, 3.63) is 0 Å². The van der Waals surface area contributed by atoms with Gasteiger partial charge in [0.05, 0.1) is 0 Å². The van der Waals surface area contributed by atoms with E-state index in [-0.39, 0.29) is 0 Å². The Bertz CT molecular complexity index is 209. The number of hydrogen-bond donors (Lipinski definition) is 1. The van der Waals surface area contributed by atoms with E-state index in [0.29, 0.717) is 5.54 Å². The van der Waals surface area contributed by atoms with Crippen LogP contribution in [0.5, 0.6) is 0 Å². The quantitative estimate of drug-likeness (QED) is 0.771. The lowest BCUT2D eigenvalue weighted by atomic mass is 9.68. The predicted octanol–water partition coefficient (Wildman–Crippen LogP) is 2.24. The van der Waals surface area contributed by atoms with Crippen molar-refractivity contribution in [2.75, 3.05) is 19.6 Å². The van der Waals surface area contributed by atoms with Crippen LogP contribution in [-0.2, 0) is 0 Å². The highest BCUT2D eigenvalue weighted by molar-refractivity contribution is 5.04. The van der Waals surface area contributed by atoms with Gasteiger partial charge in [0.1, 0.15) is 0 Å². The van der Waals surface area contributed by atoms with Crippen LogP contribution in [0, 0.1) is 11.8 Å². The highest BCUT2D eigenvalue weighted by atomic mass is 15.2. The molecule has 15 heavy (non-hydrogen) atoms. The molecule has 2 heteroatoms. The second-order valence-electron chi connectivity index (χ2n) is 5.83. The molecule has 1 atom stereocenters. The van der Waals surface area contributed by atoms with Crippen LogP contribution in [0.2, 0.25) is 0 Å². The van der Waals surface area contributed by atoms with E-state index in [2.05, 4.69) is 18.7 Å². The summed E-state index contributed by atoms with van der Waals surface area (Å²) in [6, 6.07) is 0. The molecule has 1 heterocycles. The number of hydrogen-bond acceptors (Lipinski definition) is 2. The van der Waals surface area contributed by atoms with Crippen molar-refractivity contribution in [2.24, 2.45) is 17.6 Å². The number of nitrogens with zero attached hydrogens (tertiary/aromatic N) is 1. The van der Waals surface area contributed by atoms with Gasteiger partial charge in [-0.05, 0) is 44.1 Å². The Morgan fingerprint density at radius 2 is 2.13 bits per heavy atom. The second-order valence-corrected chi connectivity index (χ2v) is 5.83. The zero-order valence-electron chi connectivity index (χ0n) is 10.3. The van der Waals surface area contributed by atoms with Crippen LogP contribution >= 0.6 is 0 Å². The smallest absolute Gasteiger partial charge is 0.0336 e. The molecule has 2 rings (SSSR count). The van der Waals surface area contributed by atoms with E-state index in [9.17, 15) is 0 Å². The van der Waals surface area contributed by atoms with Gasteiger partial charge in [-0.3, -0.25) is 4.90 Å². The van der Waals surface area contributed by atoms with Gasteiger partial charge in [0, 0.05) is 18.6 Å². The zero-order chi connectivity index (χ0) is 10.9. The Hall–Kier alpha value is -0.0800. The Kier molecular flexibility index (Phi) is 3.36. The monoisotopic (exact) mass is 210 g/mol. The van der Waals surface area contributed by atoms with Crippen LogP contribution in [0.1, 0.15) is 46.0 Å². The number of likely N-dealkylation sites (tertiary alicyclic amines) is 1. The molecule has 1 saturated heterocycles. The molecule has 0 radical (unpaired) electrons. The molecule has 0 aromatic carbocycles. The molecule has 88 valence electrons. The molecule has 1 saturated carbocycles. The van der Waals surface area contributed by atoms with Gasteiger partial charge in [0.15, 0.2) is 0 Å². The van der Waals surface area contributed by atoms with E-state index >= 15 is 0 Å². The maximum Gasteiger partial charge on any atom is 0.0336 e. The molecule has 2 fully saturated rings. The lowest BCUT2D eigenvalue weighted by Crippen LogP contribution is -2.60. The molecule has 0 aromatic heterocycles. The molecular formula is C13H26N2. The molecule has 1 unspecified atom stereocenters. The van der Waals surface area contributed by atoms with Gasteiger partial charge in [-0.15, -0.1) is 0 Å². The average molecular weight is 210 g/mol. The van der Waals surface area contributed by atoms with Gasteiger partial charge in [-0.1, -0.05) is 20.3 Å². The number of nitrogens with two attached hydrogens (primary N) is 1. The summed E-state index contributed by atoms with van der Waals surface area (Å²) in [5.41, 5.74) is 6.39. The molecule has 0 aromatic rings. The zero-order valence-corrected chi connectivity index (χ0v) is 10.3. The number of rotatable bonds is 4. The Labute approximate surface area is 94.2 Å². The highest BCUT2D eigenvalue weighted by Crippen LogP contribution is 2.44. The summed E-state index contributed by atoms with van der Waals surface area (Å²) < 4.78 is 0. The normalized spacial score (nSPS) is 41.8. The Balaban J connectivity index is 1.89. The predicted molar refractivity (Wildman–Crippen MR) is 64.8 cm³/mol. The molecule has 1 aliphatic heterocycles. The highest BCUT2D eigenvalue weighted by Gasteiger charge is 2.47. The van der Waals surface area contributed by atoms with Crippen LogP contribution in [0.25, 0.3) is 0 Å². The van der Waals surface area contributed by atoms with Crippen molar-refractivity contribution >= 4 is 0 Å². The van der Waals surface area contributed by atoms with Gasteiger partial charge >= 0.3 is 0 Å². The Morgan fingerprint density at radius 3 is 2.67 bits per heavy atom. The van der Waals surface area contributed by atoms with Gasteiger partial charge in [0.25, 0.3) is 0 Å².